The number of aromatic nitrogens is 1. The first kappa shape index (κ1) is 10.5. The Morgan fingerprint density at radius 2 is 1.53 bits per heavy atom. The normalized spacial score (nSPS) is 10.1. The molecule has 0 fully saturated rings. The van der Waals surface area contributed by atoms with E-state index in [0.29, 0.717) is 0 Å². The largest absolute Gasteiger partial charge is 2.00 e. The molecule has 0 bridgehead atoms. The van der Waals surface area contributed by atoms with Gasteiger partial charge in [-0.05, 0) is 17.5 Å². The topological polar surface area (TPSA) is 4.10 Å². The number of hydrogen-bond donors (Lipinski definition) is 0. The minimum atomic E-state index is 0. The van der Waals surface area contributed by atoms with Crippen LogP contribution in [0.2, 0.25) is 0 Å². The van der Waals surface area contributed by atoms with Crippen LogP contribution in [-0.4, -0.2) is 27.3 Å². The standard InChI is InChI=1S/C13H10N.Pb/c1-2-6-12-11(5-1)8-10-14-9-4-3-7-13(12)14;/h1-10H;/q+1;+2. The fourth-order valence-corrected chi connectivity index (χ4v) is 1.85. The van der Waals surface area contributed by atoms with Crippen LogP contribution in [0.3, 0.4) is 0 Å². The molecule has 0 aliphatic heterocycles. The third-order valence-corrected chi connectivity index (χ3v) is 2.54. The van der Waals surface area contributed by atoms with Crippen LogP contribution in [0.1, 0.15) is 0 Å². The van der Waals surface area contributed by atoms with Crippen molar-refractivity contribution in [1.82, 2.24) is 0 Å². The molecule has 0 saturated carbocycles. The molecule has 0 unspecified atom stereocenters. The van der Waals surface area contributed by atoms with Crippen LogP contribution in [-0.2, 0) is 0 Å². The fraction of sp³-hybridized carbons (Fsp3) is 0. The molecule has 3 aromatic rings. The minimum Gasteiger partial charge on any atom is -0.167 e. The van der Waals surface area contributed by atoms with E-state index in [-0.39, 0.29) is 27.3 Å². The van der Waals surface area contributed by atoms with E-state index in [0.717, 1.165) is 0 Å². The predicted octanol–water partition coefficient (Wildman–Crippen LogP) is 2.20. The summed E-state index contributed by atoms with van der Waals surface area (Å²) in [5.41, 5.74) is 1.26. The van der Waals surface area contributed by atoms with Crippen LogP contribution >= 0.6 is 0 Å². The van der Waals surface area contributed by atoms with Gasteiger partial charge in [-0.3, -0.25) is 0 Å². The molecule has 0 aliphatic rings. The zero-order valence-electron chi connectivity index (χ0n) is 8.22. The van der Waals surface area contributed by atoms with Gasteiger partial charge in [-0.15, -0.1) is 0 Å². The van der Waals surface area contributed by atoms with Gasteiger partial charge >= 0.3 is 27.3 Å². The Labute approximate surface area is 109 Å². The van der Waals surface area contributed by atoms with Crippen molar-refractivity contribution in [3.8, 4) is 0 Å². The molecule has 1 aromatic carbocycles. The van der Waals surface area contributed by atoms with E-state index in [2.05, 4.69) is 59.3 Å². The maximum Gasteiger partial charge on any atom is 2.00 e. The SMILES string of the molecule is [Pb+2].c1ccc2c(c1)cc[n+]1ccccc21. The van der Waals surface area contributed by atoms with Crippen LogP contribution in [0, 0.1) is 0 Å². The van der Waals surface area contributed by atoms with Gasteiger partial charge in [0.25, 0.3) is 0 Å². The summed E-state index contributed by atoms with van der Waals surface area (Å²) in [6, 6.07) is 16.8. The summed E-state index contributed by atoms with van der Waals surface area (Å²) in [6.45, 7) is 0. The van der Waals surface area contributed by atoms with E-state index >= 15 is 0 Å². The van der Waals surface area contributed by atoms with Gasteiger partial charge in [-0.1, -0.05) is 18.2 Å². The summed E-state index contributed by atoms with van der Waals surface area (Å²) in [6.07, 6.45) is 4.17. The zero-order chi connectivity index (χ0) is 9.38. The van der Waals surface area contributed by atoms with Gasteiger partial charge < -0.3 is 0 Å². The van der Waals surface area contributed by atoms with Gasteiger partial charge in [0, 0.05) is 18.2 Å². The predicted molar refractivity (Wildman–Crippen MR) is 62.9 cm³/mol. The van der Waals surface area contributed by atoms with Gasteiger partial charge in [0.1, 0.15) is 0 Å². The molecule has 2 heterocycles. The van der Waals surface area contributed by atoms with E-state index in [4.69, 9.17) is 0 Å². The van der Waals surface area contributed by atoms with E-state index in [1.54, 1.807) is 0 Å². The average Bonchev–Trinajstić information content (AvgIpc) is 2.29. The van der Waals surface area contributed by atoms with Crippen LogP contribution in [0.25, 0.3) is 16.3 Å². The van der Waals surface area contributed by atoms with E-state index < -0.39 is 0 Å². The summed E-state index contributed by atoms with van der Waals surface area (Å²) < 4.78 is 2.14. The second kappa shape index (κ2) is 4.27. The van der Waals surface area contributed by atoms with Crippen molar-refractivity contribution >= 4 is 43.6 Å². The smallest absolute Gasteiger partial charge is 0.167 e. The molecule has 68 valence electrons. The Morgan fingerprint density at radius 1 is 0.733 bits per heavy atom. The molecular formula is C13H10NPb+3. The molecule has 1 nitrogen and oxygen atoms in total. The quantitative estimate of drug-likeness (QED) is 0.316. The van der Waals surface area contributed by atoms with Crippen molar-refractivity contribution in [1.29, 1.82) is 0 Å². The first-order valence-corrected chi connectivity index (χ1v) is 4.73. The van der Waals surface area contributed by atoms with Crippen molar-refractivity contribution in [3.05, 3.63) is 60.9 Å². The van der Waals surface area contributed by atoms with Crippen molar-refractivity contribution in [2.45, 2.75) is 0 Å². The molecule has 0 amide bonds. The maximum absolute atomic E-state index is 2.16. The number of pyridine rings is 2. The van der Waals surface area contributed by atoms with Crippen molar-refractivity contribution in [2.75, 3.05) is 0 Å². The van der Waals surface area contributed by atoms with E-state index in [9.17, 15) is 0 Å². The molecule has 0 aliphatic carbocycles. The van der Waals surface area contributed by atoms with Crippen LogP contribution in [0.5, 0.6) is 0 Å². The average molecular weight is 387 g/mol. The van der Waals surface area contributed by atoms with Crippen molar-refractivity contribution < 1.29 is 4.40 Å². The number of benzene rings is 1. The molecule has 2 heteroatoms. The summed E-state index contributed by atoms with van der Waals surface area (Å²) in [5, 5.41) is 2.59. The van der Waals surface area contributed by atoms with Crippen molar-refractivity contribution in [2.24, 2.45) is 0 Å². The Hall–Kier alpha value is -0.968. The number of hydrogen-bond acceptors (Lipinski definition) is 0. The minimum absolute atomic E-state index is 0. The van der Waals surface area contributed by atoms with Gasteiger partial charge in [0.05, 0.1) is 5.39 Å². The summed E-state index contributed by atoms with van der Waals surface area (Å²) >= 11 is 0. The molecule has 2 radical (unpaired) electrons. The monoisotopic (exact) mass is 388 g/mol. The third-order valence-electron chi connectivity index (χ3n) is 2.54. The van der Waals surface area contributed by atoms with Crippen LogP contribution in [0.4, 0.5) is 0 Å². The van der Waals surface area contributed by atoms with Gasteiger partial charge in [0.2, 0.25) is 5.52 Å². The third kappa shape index (κ3) is 1.76. The first-order chi connectivity index (χ1) is 6.95. The Kier molecular flexibility index (Phi) is 3.00. The van der Waals surface area contributed by atoms with Gasteiger partial charge in [0.15, 0.2) is 12.4 Å². The van der Waals surface area contributed by atoms with Crippen LogP contribution < -0.4 is 4.40 Å². The second-order valence-corrected chi connectivity index (χ2v) is 3.40. The zero-order valence-corrected chi connectivity index (χ0v) is 12.1. The summed E-state index contributed by atoms with van der Waals surface area (Å²) in [7, 11) is 0. The molecule has 0 N–H and O–H groups in total. The van der Waals surface area contributed by atoms with Crippen LogP contribution in [0.15, 0.2) is 60.9 Å². The Bertz CT molecular complexity index is 550. The molecule has 2 aromatic heterocycles. The molecule has 0 spiro atoms. The second-order valence-electron chi connectivity index (χ2n) is 3.40. The van der Waals surface area contributed by atoms with E-state index in [1.807, 2.05) is 6.07 Å². The number of fused-ring (bicyclic) bond motifs is 3. The summed E-state index contributed by atoms with van der Waals surface area (Å²) in [5.74, 6) is 0. The van der Waals surface area contributed by atoms with Crippen molar-refractivity contribution in [3.63, 3.8) is 0 Å². The molecule has 0 atom stereocenters. The Morgan fingerprint density at radius 3 is 2.47 bits per heavy atom. The molecule has 15 heavy (non-hydrogen) atoms. The Balaban J connectivity index is 0.000000853. The maximum atomic E-state index is 2.16. The first-order valence-electron chi connectivity index (χ1n) is 4.73. The number of rotatable bonds is 0. The summed E-state index contributed by atoms with van der Waals surface area (Å²) in [4.78, 5) is 0. The van der Waals surface area contributed by atoms with E-state index in [1.165, 1.54) is 16.3 Å². The fourth-order valence-electron chi connectivity index (χ4n) is 1.85. The molecular weight excluding hydrogens is 377 g/mol. The van der Waals surface area contributed by atoms with Gasteiger partial charge in [-0.2, -0.15) is 4.40 Å². The number of nitrogens with zero attached hydrogens (tertiary/aromatic N) is 1. The van der Waals surface area contributed by atoms with Gasteiger partial charge in [-0.25, -0.2) is 0 Å². The molecule has 0 saturated heterocycles. The molecule has 3 rings (SSSR count).